The molecule has 0 bridgehead atoms. The Morgan fingerprint density at radius 2 is 2.03 bits per heavy atom. The highest BCUT2D eigenvalue weighted by atomic mass is 16.6. The number of ether oxygens (including phenoxy) is 2. The first-order valence-corrected chi connectivity index (χ1v) is 9.39. The predicted octanol–water partition coefficient (Wildman–Crippen LogP) is 1.65. The zero-order chi connectivity index (χ0) is 21.0. The van der Waals surface area contributed by atoms with Crippen LogP contribution in [0.2, 0.25) is 0 Å². The third-order valence-corrected chi connectivity index (χ3v) is 4.42. The molecule has 1 unspecified atom stereocenters. The summed E-state index contributed by atoms with van der Waals surface area (Å²) in [6, 6.07) is 1.49. The Kier molecular flexibility index (Phi) is 6.00. The van der Waals surface area contributed by atoms with E-state index in [9.17, 15) is 9.59 Å². The predicted molar refractivity (Wildman–Crippen MR) is 105 cm³/mol. The van der Waals surface area contributed by atoms with Crippen LogP contribution >= 0.6 is 0 Å². The normalized spacial score (nSPS) is 17.2. The van der Waals surface area contributed by atoms with E-state index in [0.717, 1.165) is 0 Å². The molecule has 0 N–H and O–H groups in total. The number of amides is 1. The van der Waals surface area contributed by atoms with Gasteiger partial charge in [0.2, 0.25) is 5.95 Å². The summed E-state index contributed by atoms with van der Waals surface area (Å²) in [6.07, 6.45) is 6.41. The summed E-state index contributed by atoms with van der Waals surface area (Å²) in [6.45, 7) is 6.76. The van der Waals surface area contributed by atoms with Gasteiger partial charge in [-0.2, -0.15) is 4.98 Å². The Hall–Kier alpha value is -3.17. The number of methoxy groups -OCH3 is 1. The molecule has 2 aromatic rings. The molecule has 0 aromatic carbocycles. The number of piperazine rings is 1. The highest BCUT2D eigenvalue weighted by molar-refractivity contribution is 5.72. The topological polar surface area (TPSA) is 103 Å². The van der Waals surface area contributed by atoms with Crippen LogP contribution in [-0.2, 0) is 14.3 Å². The molecule has 0 radical (unpaired) electrons. The molecular weight excluding hydrogens is 376 g/mol. The van der Waals surface area contributed by atoms with Crippen molar-refractivity contribution in [1.29, 1.82) is 0 Å². The van der Waals surface area contributed by atoms with Crippen LogP contribution in [0.3, 0.4) is 0 Å². The summed E-state index contributed by atoms with van der Waals surface area (Å²) in [5, 5.41) is 0. The molecule has 1 saturated heterocycles. The maximum atomic E-state index is 12.5. The van der Waals surface area contributed by atoms with Gasteiger partial charge in [0.05, 0.1) is 19.6 Å². The second-order valence-corrected chi connectivity index (χ2v) is 7.74. The third kappa shape index (κ3) is 5.21. The molecule has 10 heteroatoms. The van der Waals surface area contributed by atoms with Crippen molar-refractivity contribution in [3.8, 4) is 5.95 Å². The molecule has 29 heavy (non-hydrogen) atoms. The Balaban J connectivity index is 1.81. The molecule has 1 fully saturated rings. The fourth-order valence-corrected chi connectivity index (χ4v) is 3.10. The van der Waals surface area contributed by atoms with Gasteiger partial charge in [-0.1, -0.05) is 0 Å². The van der Waals surface area contributed by atoms with E-state index in [0.29, 0.717) is 31.4 Å². The minimum Gasteiger partial charge on any atom is -0.469 e. The van der Waals surface area contributed by atoms with E-state index in [1.165, 1.54) is 7.11 Å². The number of imidazole rings is 1. The average molecular weight is 402 g/mol. The average Bonchev–Trinajstić information content (AvgIpc) is 3.21. The van der Waals surface area contributed by atoms with E-state index in [4.69, 9.17) is 9.47 Å². The Labute approximate surface area is 169 Å². The summed E-state index contributed by atoms with van der Waals surface area (Å²) in [5.41, 5.74) is -0.585. The lowest BCUT2D eigenvalue weighted by Crippen LogP contribution is -2.56. The molecule has 2 aromatic heterocycles. The fourth-order valence-electron chi connectivity index (χ4n) is 3.10. The summed E-state index contributed by atoms with van der Waals surface area (Å²) in [4.78, 5) is 41.0. The molecule has 1 atom stereocenters. The monoisotopic (exact) mass is 402 g/mol. The smallest absolute Gasteiger partial charge is 0.410 e. The fraction of sp³-hybridized carbons (Fsp3) is 0.526. The number of carbonyl (C=O) groups is 2. The van der Waals surface area contributed by atoms with E-state index in [1.54, 1.807) is 40.5 Å². The first kappa shape index (κ1) is 20.6. The van der Waals surface area contributed by atoms with Gasteiger partial charge in [0, 0.05) is 38.2 Å². The summed E-state index contributed by atoms with van der Waals surface area (Å²) < 4.78 is 12.0. The number of carbonyl (C=O) groups excluding carboxylic acids is 2. The molecule has 10 nitrogen and oxygen atoms in total. The zero-order valence-corrected chi connectivity index (χ0v) is 17.1. The second kappa shape index (κ2) is 8.46. The van der Waals surface area contributed by atoms with E-state index in [2.05, 4.69) is 15.0 Å². The van der Waals surface area contributed by atoms with Gasteiger partial charge in [0.25, 0.3) is 0 Å². The maximum absolute atomic E-state index is 12.5. The maximum Gasteiger partial charge on any atom is 0.410 e. The standard InChI is InChI=1S/C19H26N6O4/c1-19(2,3)29-18(27)23-9-10-25(14(12-23)11-16(26)28-4)15-5-6-21-17(22-15)24-8-7-20-13-24/h5-8,13-14H,9-12H2,1-4H3. The van der Waals surface area contributed by atoms with Crippen LogP contribution in [0, 0.1) is 0 Å². The largest absolute Gasteiger partial charge is 0.469 e. The SMILES string of the molecule is COC(=O)CC1CN(C(=O)OC(C)(C)C)CCN1c1ccnc(-n2ccnc2)n1. The van der Waals surface area contributed by atoms with Crippen molar-refractivity contribution in [1.82, 2.24) is 24.4 Å². The first-order chi connectivity index (χ1) is 13.8. The minimum atomic E-state index is -0.585. The minimum absolute atomic E-state index is 0.125. The van der Waals surface area contributed by atoms with Gasteiger partial charge >= 0.3 is 12.1 Å². The van der Waals surface area contributed by atoms with Gasteiger partial charge in [-0.3, -0.25) is 9.36 Å². The molecular formula is C19H26N6O4. The van der Waals surface area contributed by atoms with Crippen LogP contribution in [0.15, 0.2) is 31.0 Å². The van der Waals surface area contributed by atoms with Gasteiger partial charge < -0.3 is 19.3 Å². The van der Waals surface area contributed by atoms with Crippen LogP contribution in [-0.4, -0.2) is 74.9 Å². The quantitative estimate of drug-likeness (QED) is 0.712. The molecule has 1 amide bonds. The van der Waals surface area contributed by atoms with Crippen LogP contribution in [0.5, 0.6) is 0 Å². The number of nitrogens with zero attached hydrogens (tertiary/aromatic N) is 6. The first-order valence-electron chi connectivity index (χ1n) is 9.39. The van der Waals surface area contributed by atoms with Gasteiger partial charge in [0.1, 0.15) is 17.7 Å². The third-order valence-electron chi connectivity index (χ3n) is 4.42. The highest BCUT2D eigenvalue weighted by Gasteiger charge is 2.34. The number of hydrogen-bond acceptors (Lipinski definition) is 8. The molecule has 0 saturated carbocycles. The van der Waals surface area contributed by atoms with E-state index in [-0.39, 0.29) is 18.4 Å². The van der Waals surface area contributed by atoms with Crippen molar-refractivity contribution in [2.75, 3.05) is 31.6 Å². The van der Waals surface area contributed by atoms with Crippen molar-refractivity contribution in [2.45, 2.75) is 38.8 Å². The van der Waals surface area contributed by atoms with Crippen molar-refractivity contribution in [2.24, 2.45) is 0 Å². The number of anilines is 1. The molecule has 3 heterocycles. The van der Waals surface area contributed by atoms with Crippen LogP contribution in [0.25, 0.3) is 5.95 Å². The Bertz CT molecular complexity index is 849. The molecule has 1 aliphatic rings. The summed E-state index contributed by atoms with van der Waals surface area (Å²) in [5.74, 6) is 0.794. The molecule has 3 rings (SSSR count). The number of aromatic nitrogens is 4. The van der Waals surface area contributed by atoms with Crippen LogP contribution in [0.4, 0.5) is 10.6 Å². The van der Waals surface area contributed by atoms with E-state index in [1.807, 2.05) is 25.7 Å². The lowest BCUT2D eigenvalue weighted by atomic mass is 10.1. The van der Waals surface area contributed by atoms with Crippen LogP contribution < -0.4 is 4.90 Å². The van der Waals surface area contributed by atoms with Crippen molar-refractivity contribution >= 4 is 17.9 Å². The van der Waals surface area contributed by atoms with Crippen LogP contribution in [0.1, 0.15) is 27.2 Å². The van der Waals surface area contributed by atoms with Gasteiger partial charge in [-0.05, 0) is 26.8 Å². The number of esters is 1. The second-order valence-electron chi connectivity index (χ2n) is 7.74. The molecule has 1 aliphatic heterocycles. The Morgan fingerprint density at radius 3 is 2.69 bits per heavy atom. The van der Waals surface area contributed by atoms with E-state index >= 15 is 0 Å². The van der Waals surface area contributed by atoms with Gasteiger partial charge in [-0.15, -0.1) is 0 Å². The van der Waals surface area contributed by atoms with Gasteiger partial charge in [0.15, 0.2) is 0 Å². The van der Waals surface area contributed by atoms with Gasteiger partial charge in [-0.25, -0.2) is 14.8 Å². The van der Waals surface area contributed by atoms with Crippen molar-refractivity contribution in [3.63, 3.8) is 0 Å². The lowest BCUT2D eigenvalue weighted by molar-refractivity contribution is -0.141. The summed E-state index contributed by atoms with van der Waals surface area (Å²) in [7, 11) is 1.35. The molecule has 0 aliphatic carbocycles. The van der Waals surface area contributed by atoms with E-state index < -0.39 is 11.7 Å². The molecule has 0 spiro atoms. The number of rotatable bonds is 4. The highest BCUT2D eigenvalue weighted by Crippen LogP contribution is 2.23. The van der Waals surface area contributed by atoms with Crippen molar-refractivity contribution in [3.05, 3.63) is 31.0 Å². The zero-order valence-electron chi connectivity index (χ0n) is 17.1. The number of hydrogen-bond donors (Lipinski definition) is 0. The summed E-state index contributed by atoms with van der Waals surface area (Å²) >= 11 is 0. The van der Waals surface area contributed by atoms with Crippen molar-refractivity contribution < 1.29 is 19.1 Å². The Morgan fingerprint density at radius 1 is 1.24 bits per heavy atom. The molecule has 156 valence electrons. The lowest BCUT2D eigenvalue weighted by Gasteiger charge is -2.41.